The predicted octanol–water partition coefficient (Wildman–Crippen LogP) is 1.72. The third-order valence-electron chi connectivity index (χ3n) is 7.60. The van der Waals surface area contributed by atoms with Gasteiger partial charge in [0.1, 0.15) is 10.3 Å². The molecule has 1 aromatic carbocycles. The van der Waals surface area contributed by atoms with Gasteiger partial charge >= 0.3 is 0 Å². The molecule has 15 heteroatoms. The van der Waals surface area contributed by atoms with Crippen molar-refractivity contribution >= 4 is 37.3 Å². The number of thiophene rings is 1. The summed E-state index contributed by atoms with van der Waals surface area (Å²) in [5.41, 5.74) is 3.24. The summed E-state index contributed by atoms with van der Waals surface area (Å²) >= 11 is 1.11. The van der Waals surface area contributed by atoms with Crippen LogP contribution in [0.25, 0.3) is 10.4 Å². The summed E-state index contributed by atoms with van der Waals surface area (Å²) in [6.45, 7) is 3.39. The first-order valence-corrected chi connectivity index (χ1v) is 18.1. The first-order valence-electron chi connectivity index (χ1n) is 14.3. The molecule has 0 aliphatic carbocycles. The number of morpholine rings is 1. The van der Waals surface area contributed by atoms with Crippen LogP contribution in [0.1, 0.15) is 25.7 Å². The van der Waals surface area contributed by atoms with Gasteiger partial charge in [-0.2, -0.15) is 8.61 Å². The van der Waals surface area contributed by atoms with Crippen LogP contribution in [0.4, 0.5) is 0 Å². The summed E-state index contributed by atoms with van der Waals surface area (Å²) in [5, 5.41) is 0. The molecule has 42 heavy (non-hydrogen) atoms. The second-order valence-electron chi connectivity index (χ2n) is 10.5. The molecular weight excluding hydrogens is 605 g/mol. The zero-order chi connectivity index (χ0) is 29.6. The van der Waals surface area contributed by atoms with Gasteiger partial charge in [-0.05, 0) is 43.5 Å². The highest BCUT2D eigenvalue weighted by molar-refractivity contribution is 7.91. The molecule has 0 saturated carbocycles. The number of hydroxylamine groups is 1. The van der Waals surface area contributed by atoms with Crippen molar-refractivity contribution in [2.24, 2.45) is 0 Å². The van der Waals surface area contributed by atoms with Gasteiger partial charge in [0.25, 0.3) is 15.9 Å². The van der Waals surface area contributed by atoms with E-state index in [0.717, 1.165) is 52.0 Å². The molecule has 1 N–H and O–H groups in total. The third kappa shape index (κ3) is 7.76. The molecule has 2 aromatic rings. The van der Waals surface area contributed by atoms with Crippen molar-refractivity contribution in [3.8, 4) is 10.4 Å². The number of sulfonamides is 2. The molecule has 4 heterocycles. The lowest BCUT2D eigenvalue weighted by Crippen LogP contribution is -2.61. The Morgan fingerprint density at radius 1 is 0.976 bits per heavy atom. The molecule has 3 fully saturated rings. The fraction of sp³-hybridized carbons (Fsp3) is 0.593. The number of hydrogen-bond acceptors (Lipinski definition) is 10. The smallest absolute Gasteiger partial charge is 0.263 e. The molecule has 0 radical (unpaired) electrons. The minimum atomic E-state index is -4.12. The van der Waals surface area contributed by atoms with Crippen LogP contribution in [0.5, 0.6) is 0 Å². The second kappa shape index (κ2) is 14.2. The van der Waals surface area contributed by atoms with Gasteiger partial charge in [-0.15, -0.1) is 11.3 Å². The molecule has 3 aliphatic rings. The van der Waals surface area contributed by atoms with Gasteiger partial charge in [0, 0.05) is 50.6 Å². The second-order valence-corrected chi connectivity index (χ2v) is 15.8. The Balaban J connectivity index is 1.31. The average Bonchev–Trinajstić information content (AvgIpc) is 3.53. The van der Waals surface area contributed by atoms with Gasteiger partial charge in [-0.25, -0.2) is 27.2 Å². The van der Waals surface area contributed by atoms with E-state index in [9.17, 15) is 21.6 Å². The lowest BCUT2D eigenvalue weighted by atomic mass is 10.2. The fourth-order valence-electron chi connectivity index (χ4n) is 5.25. The van der Waals surface area contributed by atoms with E-state index in [1.54, 1.807) is 6.07 Å². The SMILES string of the molecule is O=C(NOC1CCCCO1)C1CN(S(=O)(=O)CCCN2CCOCC2)CCN1S(=O)(=O)c1ccc(-c2ccccc2)s1. The number of amides is 1. The summed E-state index contributed by atoms with van der Waals surface area (Å²) < 4.78 is 67.6. The number of carbonyl (C=O) groups excluding carboxylic acids is 1. The van der Waals surface area contributed by atoms with Crippen molar-refractivity contribution in [1.29, 1.82) is 0 Å². The van der Waals surface area contributed by atoms with Crippen molar-refractivity contribution < 1.29 is 35.9 Å². The van der Waals surface area contributed by atoms with E-state index in [2.05, 4.69) is 10.4 Å². The molecule has 1 aromatic heterocycles. The number of nitrogens with one attached hydrogen (secondary N) is 1. The van der Waals surface area contributed by atoms with Gasteiger partial charge in [-0.3, -0.25) is 9.69 Å². The van der Waals surface area contributed by atoms with E-state index in [1.807, 2.05) is 30.3 Å². The van der Waals surface area contributed by atoms with Crippen LogP contribution < -0.4 is 5.48 Å². The summed E-state index contributed by atoms with van der Waals surface area (Å²) in [4.78, 5) is 21.8. The van der Waals surface area contributed by atoms with Crippen LogP contribution in [0.15, 0.2) is 46.7 Å². The minimum Gasteiger partial charge on any atom is -0.379 e. The van der Waals surface area contributed by atoms with Crippen molar-refractivity contribution in [3.05, 3.63) is 42.5 Å². The number of hydrogen-bond donors (Lipinski definition) is 1. The quantitative estimate of drug-likeness (QED) is 0.364. The zero-order valence-corrected chi connectivity index (χ0v) is 25.9. The standard InChI is InChI=1S/C27H38N4O8S3/c32-27(28-39-25-9-4-5-17-38-25)23-21-30(41(33,34)20-6-12-29-15-18-37-19-16-29)13-14-31(23)42(35,36)26-11-10-24(40-26)22-7-2-1-3-8-22/h1-3,7-8,10-11,23,25H,4-6,9,12-21H2,(H,28,32). The van der Waals surface area contributed by atoms with E-state index < -0.39 is 38.3 Å². The van der Waals surface area contributed by atoms with E-state index in [0.29, 0.717) is 39.2 Å². The molecule has 0 spiro atoms. The molecule has 0 bridgehead atoms. The number of carbonyl (C=O) groups is 1. The Kier molecular flexibility index (Phi) is 10.7. The third-order valence-corrected chi connectivity index (χ3v) is 13.0. The Bertz CT molecular complexity index is 1390. The van der Waals surface area contributed by atoms with E-state index >= 15 is 0 Å². The number of ether oxygens (including phenoxy) is 2. The molecular formula is C27H38N4O8S3. The summed E-state index contributed by atoms with van der Waals surface area (Å²) in [7, 11) is -7.86. The number of rotatable bonds is 11. The Hall–Kier alpha value is -1.95. The maximum absolute atomic E-state index is 13.9. The lowest BCUT2D eigenvalue weighted by Gasteiger charge is -2.38. The number of nitrogens with zero attached hydrogens (tertiary/aromatic N) is 3. The highest BCUT2D eigenvalue weighted by Gasteiger charge is 2.44. The van der Waals surface area contributed by atoms with Crippen LogP contribution in [-0.2, 0) is 39.2 Å². The fourth-order valence-corrected chi connectivity index (χ4v) is 9.74. The van der Waals surface area contributed by atoms with Crippen LogP contribution in [0.2, 0.25) is 0 Å². The van der Waals surface area contributed by atoms with Gasteiger partial charge < -0.3 is 9.47 Å². The summed E-state index contributed by atoms with van der Waals surface area (Å²) in [5.74, 6) is -0.829. The maximum atomic E-state index is 13.9. The van der Waals surface area contributed by atoms with Gasteiger partial charge in [0.2, 0.25) is 10.0 Å². The molecule has 232 valence electrons. The molecule has 2 atom stereocenters. The number of piperazine rings is 1. The highest BCUT2D eigenvalue weighted by atomic mass is 32.2. The van der Waals surface area contributed by atoms with E-state index in [4.69, 9.17) is 14.3 Å². The molecule has 2 unspecified atom stereocenters. The minimum absolute atomic E-state index is 0.0492. The lowest BCUT2D eigenvalue weighted by molar-refractivity contribution is -0.202. The highest BCUT2D eigenvalue weighted by Crippen LogP contribution is 2.33. The van der Waals surface area contributed by atoms with Gasteiger partial charge in [-0.1, -0.05) is 30.3 Å². The first-order chi connectivity index (χ1) is 20.2. The first kappa shape index (κ1) is 31.5. The molecule has 12 nitrogen and oxygen atoms in total. The van der Waals surface area contributed by atoms with Crippen molar-refractivity contribution in [2.45, 2.75) is 42.2 Å². The van der Waals surface area contributed by atoms with Crippen LogP contribution >= 0.6 is 11.3 Å². The van der Waals surface area contributed by atoms with Crippen LogP contribution in [0.3, 0.4) is 0 Å². The van der Waals surface area contributed by atoms with Crippen molar-refractivity contribution in [1.82, 2.24) is 19.0 Å². The largest absolute Gasteiger partial charge is 0.379 e. The van der Waals surface area contributed by atoms with Gasteiger partial charge in [0.05, 0.1) is 19.0 Å². The Labute approximate surface area is 251 Å². The van der Waals surface area contributed by atoms with Gasteiger partial charge in [0.15, 0.2) is 6.29 Å². The molecule has 5 rings (SSSR count). The normalized spacial score (nSPS) is 23.5. The zero-order valence-electron chi connectivity index (χ0n) is 23.4. The maximum Gasteiger partial charge on any atom is 0.263 e. The Morgan fingerprint density at radius 3 is 2.50 bits per heavy atom. The van der Waals surface area contributed by atoms with E-state index in [1.165, 1.54) is 10.4 Å². The topological polar surface area (TPSA) is 135 Å². The van der Waals surface area contributed by atoms with Crippen LogP contribution in [-0.4, -0.2) is 113 Å². The van der Waals surface area contributed by atoms with Crippen molar-refractivity contribution in [3.63, 3.8) is 0 Å². The predicted molar refractivity (Wildman–Crippen MR) is 157 cm³/mol. The molecule has 3 aliphatic heterocycles. The average molecular weight is 643 g/mol. The van der Waals surface area contributed by atoms with Crippen molar-refractivity contribution in [2.75, 3.05) is 64.8 Å². The van der Waals surface area contributed by atoms with E-state index in [-0.39, 0.29) is 29.6 Å². The summed E-state index contributed by atoms with van der Waals surface area (Å²) in [6.07, 6.45) is 2.16. The Morgan fingerprint density at radius 2 is 1.76 bits per heavy atom. The molecule has 1 amide bonds. The van der Waals surface area contributed by atoms with Crippen LogP contribution in [0, 0.1) is 0 Å². The number of benzene rings is 1. The molecule has 3 saturated heterocycles. The monoisotopic (exact) mass is 642 g/mol. The summed E-state index contributed by atoms with van der Waals surface area (Å²) in [6, 6.07) is 11.4.